The number of pyridine rings is 1. The Kier molecular flexibility index (Phi) is 7.71. The predicted molar refractivity (Wildman–Crippen MR) is 112 cm³/mol. The van der Waals surface area contributed by atoms with Crippen LogP contribution in [0.2, 0.25) is 5.02 Å². The number of nitrogens with zero attached hydrogens (tertiary/aromatic N) is 3. The Morgan fingerprint density at radius 3 is 2.83 bits per heavy atom. The standard InChI is InChI=1S/C20H23ClFN3O3S/c1-14-10-25(7-6-24(14)11-15-2-4-18(22)5-3-15)19(26)12-28-20-16(13-29-27)8-17(21)9-23-20/h2-5,8-9,14,27H,6-7,10-13H2,1H3/t14-/m0/s1. The van der Waals surface area contributed by atoms with Crippen LogP contribution in [0.25, 0.3) is 0 Å². The molecule has 1 aromatic carbocycles. The van der Waals surface area contributed by atoms with Crippen LogP contribution in [0.4, 0.5) is 4.39 Å². The summed E-state index contributed by atoms with van der Waals surface area (Å²) in [5.41, 5.74) is 1.68. The maximum atomic E-state index is 13.1. The third-order valence-electron chi connectivity index (χ3n) is 4.86. The minimum absolute atomic E-state index is 0.113. The number of ether oxygens (including phenoxy) is 1. The molecule has 1 aromatic heterocycles. The van der Waals surface area contributed by atoms with Crippen LogP contribution in [0, 0.1) is 5.82 Å². The van der Waals surface area contributed by atoms with Gasteiger partial charge >= 0.3 is 0 Å². The number of amides is 1. The zero-order valence-corrected chi connectivity index (χ0v) is 17.6. The fourth-order valence-corrected chi connectivity index (χ4v) is 3.80. The molecule has 0 radical (unpaired) electrons. The van der Waals surface area contributed by atoms with Crippen molar-refractivity contribution in [2.75, 3.05) is 26.2 Å². The summed E-state index contributed by atoms with van der Waals surface area (Å²) < 4.78 is 27.7. The summed E-state index contributed by atoms with van der Waals surface area (Å²) in [6.07, 6.45) is 1.45. The van der Waals surface area contributed by atoms with E-state index in [1.54, 1.807) is 23.1 Å². The topological polar surface area (TPSA) is 65.9 Å². The highest BCUT2D eigenvalue weighted by Gasteiger charge is 2.27. The van der Waals surface area contributed by atoms with Gasteiger partial charge in [-0.1, -0.05) is 23.7 Å². The van der Waals surface area contributed by atoms with Crippen LogP contribution >= 0.6 is 23.6 Å². The summed E-state index contributed by atoms with van der Waals surface area (Å²) >= 11 is 6.57. The summed E-state index contributed by atoms with van der Waals surface area (Å²) in [5, 5.41) is 0.443. The van der Waals surface area contributed by atoms with E-state index < -0.39 is 0 Å². The van der Waals surface area contributed by atoms with Crippen molar-refractivity contribution in [1.29, 1.82) is 0 Å². The van der Waals surface area contributed by atoms with Gasteiger partial charge in [0.15, 0.2) is 6.61 Å². The Morgan fingerprint density at radius 2 is 2.14 bits per heavy atom. The van der Waals surface area contributed by atoms with Crippen molar-refractivity contribution in [2.45, 2.75) is 25.3 Å². The third kappa shape index (κ3) is 6.05. The number of aromatic nitrogens is 1. The zero-order valence-electron chi connectivity index (χ0n) is 16.1. The van der Waals surface area contributed by atoms with E-state index in [1.165, 1.54) is 18.3 Å². The van der Waals surface area contributed by atoms with Crippen LogP contribution in [0.1, 0.15) is 18.1 Å². The lowest BCUT2D eigenvalue weighted by molar-refractivity contribution is -0.136. The average molecular weight is 440 g/mol. The number of hydrogen-bond donors (Lipinski definition) is 1. The molecule has 0 spiro atoms. The molecule has 29 heavy (non-hydrogen) atoms. The number of halogens is 2. The molecule has 1 N–H and O–H groups in total. The van der Waals surface area contributed by atoms with Gasteiger partial charge in [0, 0.05) is 49.7 Å². The van der Waals surface area contributed by atoms with Crippen molar-refractivity contribution >= 4 is 29.6 Å². The van der Waals surface area contributed by atoms with E-state index in [2.05, 4.69) is 16.8 Å². The molecule has 1 aliphatic heterocycles. The number of rotatable bonds is 7. The van der Waals surface area contributed by atoms with Gasteiger partial charge in [0.25, 0.3) is 5.91 Å². The van der Waals surface area contributed by atoms with Crippen molar-refractivity contribution in [3.63, 3.8) is 0 Å². The third-order valence-corrected chi connectivity index (χ3v) is 5.51. The van der Waals surface area contributed by atoms with Gasteiger partial charge in [-0.3, -0.25) is 9.69 Å². The minimum Gasteiger partial charge on any atom is -0.467 e. The quantitative estimate of drug-likeness (QED) is 0.664. The van der Waals surface area contributed by atoms with Gasteiger partial charge in [0.2, 0.25) is 5.88 Å². The van der Waals surface area contributed by atoms with E-state index in [0.717, 1.165) is 18.7 Å². The van der Waals surface area contributed by atoms with E-state index in [1.807, 2.05) is 0 Å². The van der Waals surface area contributed by atoms with Gasteiger partial charge in [-0.25, -0.2) is 9.37 Å². The second-order valence-corrected chi connectivity index (χ2v) is 7.95. The molecule has 156 valence electrons. The van der Waals surface area contributed by atoms with E-state index in [0.29, 0.717) is 41.6 Å². The van der Waals surface area contributed by atoms with Crippen LogP contribution in [-0.2, 0) is 17.1 Å². The smallest absolute Gasteiger partial charge is 0.260 e. The maximum Gasteiger partial charge on any atom is 0.260 e. The molecular formula is C20H23ClFN3O3S. The molecule has 2 heterocycles. The molecule has 1 saturated heterocycles. The Hall–Kier alpha value is -1.87. The summed E-state index contributed by atoms with van der Waals surface area (Å²) in [7, 11) is 0. The van der Waals surface area contributed by atoms with Gasteiger partial charge in [0.1, 0.15) is 5.82 Å². The Bertz CT molecular complexity index is 840. The van der Waals surface area contributed by atoms with E-state index in [9.17, 15) is 9.18 Å². The van der Waals surface area contributed by atoms with E-state index in [-0.39, 0.29) is 30.1 Å². The number of benzene rings is 1. The van der Waals surface area contributed by atoms with Crippen LogP contribution < -0.4 is 4.74 Å². The molecule has 9 heteroatoms. The highest BCUT2D eigenvalue weighted by Crippen LogP contribution is 2.23. The molecule has 0 bridgehead atoms. The predicted octanol–water partition coefficient (Wildman–Crippen LogP) is 3.69. The van der Waals surface area contributed by atoms with Gasteiger partial charge in [0.05, 0.1) is 5.02 Å². The molecule has 3 rings (SSSR count). The van der Waals surface area contributed by atoms with E-state index >= 15 is 0 Å². The summed E-state index contributed by atoms with van der Waals surface area (Å²) in [5.74, 6) is 0.217. The SMILES string of the molecule is C[C@H]1CN(C(=O)COc2ncc(Cl)cc2CSO)CCN1Cc1ccc(F)cc1. The Balaban J connectivity index is 1.52. The van der Waals surface area contributed by atoms with Gasteiger partial charge < -0.3 is 14.2 Å². The zero-order chi connectivity index (χ0) is 20.8. The first kappa shape index (κ1) is 21.8. The molecule has 1 fully saturated rings. The maximum absolute atomic E-state index is 13.1. The first-order chi connectivity index (χ1) is 14.0. The number of carbonyl (C=O) groups is 1. The first-order valence-corrected chi connectivity index (χ1v) is 10.6. The minimum atomic E-state index is -0.242. The first-order valence-electron chi connectivity index (χ1n) is 9.26. The van der Waals surface area contributed by atoms with Crippen molar-refractivity contribution in [1.82, 2.24) is 14.8 Å². The van der Waals surface area contributed by atoms with Crippen LogP contribution in [-0.4, -0.2) is 57.5 Å². The van der Waals surface area contributed by atoms with Gasteiger partial charge in [-0.05, 0) is 42.7 Å². The molecule has 1 aliphatic rings. The number of hydrogen-bond acceptors (Lipinski definition) is 6. The molecule has 6 nitrogen and oxygen atoms in total. The van der Waals surface area contributed by atoms with Crippen molar-refractivity contribution in [2.24, 2.45) is 0 Å². The summed E-state index contributed by atoms with van der Waals surface area (Å²) in [6, 6.07) is 8.33. The molecular weight excluding hydrogens is 417 g/mol. The highest BCUT2D eigenvalue weighted by molar-refractivity contribution is 7.92. The summed E-state index contributed by atoms with van der Waals surface area (Å²) in [4.78, 5) is 20.8. The second-order valence-electron chi connectivity index (χ2n) is 6.97. The molecule has 0 unspecified atom stereocenters. The Morgan fingerprint density at radius 1 is 1.38 bits per heavy atom. The lowest BCUT2D eigenvalue weighted by Gasteiger charge is -2.39. The fourth-order valence-electron chi connectivity index (χ4n) is 3.27. The lowest BCUT2D eigenvalue weighted by atomic mass is 10.1. The van der Waals surface area contributed by atoms with E-state index in [4.69, 9.17) is 20.9 Å². The lowest BCUT2D eigenvalue weighted by Crippen LogP contribution is -2.54. The van der Waals surface area contributed by atoms with Crippen LogP contribution in [0.15, 0.2) is 36.5 Å². The van der Waals surface area contributed by atoms with Gasteiger partial charge in [-0.2, -0.15) is 0 Å². The van der Waals surface area contributed by atoms with Crippen LogP contribution in [0.5, 0.6) is 5.88 Å². The fraction of sp³-hybridized carbons (Fsp3) is 0.400. The van der Waals surface area contributed by atoms with Crippen molar-refractivity contribution in [3.05, 3.63) is 58.5 Å². The summed E-state index contributed by atoms with van der Waals surface area (Å²) in [6.45, 7) is 4.59. The largest absolute Gasteiger partial charge is 0.467 e. The molecule has 0 aliphatic carbocycles. The van der Waals surface area contributed by atoms with Crippen LogP contribution in [0.3, 0.4) is 0 Å². The van der Waals surface area contributed by atoms with Crippen molar-refractivity contribution in [3.8, 4) is 5.88 Å². The number of piperazine rings is 1. The molecule has 1 atom stereocenters. The second kappa shape index (κ2) is 10.2. The highest BCUT2D eigenvalue weighted by atomic mass is 35.5. The average Bonchev–Trinajstić information content (AvgIpc) is 2.70. The monoisotopic (exact) mass is 439 g/mol. The Labute approximate surface area is 178 Å². The molecule has 0 saturated carbocycles. The van der Waals surface area contributed by atoms with Gasteiger partial charge in [-0.15, -0.1) is 0 Å². The normalized spacial score (nSPS) is 17.4. The molecule has 1 amide bonds. The van der Waals surface area contributed by atoms with Crippen molar-refractivity contribution < 1.29 is 18.5 Å². The number of carbonyl (C=O) groups excluding carboxylic acids is 1. The molecule has 2 aromatic rings.